The van der Waals surface area contributed by atoms with E-state index in [1.54, 1.807) is 18.2 Å². The van der Waals surface area contributed by atoms with Crippen LogP contribution in [-0.4, -0.2) is 68.5 Å². The van der Waals surface area contributed by atoms with Crippen molar-refractivity contribution < 1.29 is 14.3 Å². The molecule has 1 saturated heterocycles. The van der Waals surface area contributed by atoms with Gasteiger partial charge in [0.2, 0.25) is 5.91 Å². The minimum atomic E-state index is -0.136. The summed E-state index contributed by atoms with van der Waals surface area (Å²) >= 11 is 0. The van der Waals surface area contributed by atoms with Crippen molar-refractivity contribution >= 4 is 17.5 Å². The number of hydrogen-bond donors (Lipinski definition) is 2. The molecule has 0 unspecified atom stereocenters. The maximum absolute atomic E-state index is 12.7. The van der Waals surface area contributed by atoms with E-state index in [0.717, 1.165) is 13.1 Å². The summed E-state index contributed by atoms with van der Waals surface area (Å²) in [5.74, 6) is 0.372. The van der Waals surface area contributed by atoms with E-state index in [1.165, 1.54) is 7.11 Å². The first-order valence-corrected chi connectivity index (χ1v) is 8.21. The molecule has 2 amide bonds. The molecule has 0 aromatic heterocycles. The molecule has 7 heteroatoms. The van der Waals surface area contributed by atoms with Crippen LogP contribution in [0.3, 0.4) is 0 Å². The molecule has 3 N–H and O–H groups in total. The first kappa shape index (κ1) is 18.2. The van der Waals surface area contributed by atoms with Crippen LogP contribution in [0.2, 0.25) is 0 Å². The van der Waals surface area contributed by atoms with E-state index in [1.807, 2.05) is 11.9 Å². The molecule has 1 aliphatic heterocycles. The highest BCUT2D eigenvalue weighted by Gasteiger charge is 2.21. The Balaban J connectivity index is 2.12. The summed E-state index contributed by atoms with van der Waals surface area (Å²) in [6, 6.07) is 5.12. The van der Waals surface area contributed by atoms with Crippen LogP contribution < -0.4 is 15.8 Å². The number of likely N-dealkylation sites (N-methyl/N-ethyl adjacent to an activating group) is 1. The Morgan fingerprint density at radius 1 is 1.25 bits per heavy atom. The van der Waals surface area contributed by atoms with Gasteiger partial charge in [-0.25, -0.2) is 0 Å². The second-order valence-corrected chi connectivity index (χ2v) is 5.95. The van der Waals surface area contributed by atoms with E-state index in [9.17, 15) is 9.59 Å². The van der Waals surface area contributed by atoms with E-state index in [4.69, 9.17) is 10.5 Å². The number of carbonyl (C=O) groups excluding carboxylic acids is 2. The van der Waals surface area contributed by atoms with E-state index in [2.05, 4.69) is 10.2 Å². The number of carbonyl (C=O) groups is 2. The van der Waals surface area contributed by atoms with Crippen molar-refractivity contribution in [2.45, 2.75) is 12.8 Å². The molecule has 0 saturated carbocycles. The van der Waals surface area contributed by atoms with Gasteiger partial charge in [0.05, 0.1) is 12.8 Å². The third kappa shape index (κ3) is 4.69. The number of piperazine rings is 1. The molecule has 1 aromatic rings. The van der Waals surface area contributed by atoms with Crippen LogP contribution in [0.4, 0.5) is 5.69 Å². The number of anilines is 1. The molecule has 1 aromatic carbocycles. The highest BCUT2D eigenvalue weighted by atomic mass is 16.5. The first-order valence-electron chi connectivity index (χ1n) is 8.21. The van der Waals surface area contributed by atoms with E-state index in [0.29, 0.717) is 49.5 Å². The van der Waals surface area contributed by atoms with E-state index >= 15 is 0 Å². The molecule has 0 aliphatic carbocycles. The molecule has 1 fully saturated rings. The van der Waals surface area contributed by atoms with Gasteiger partial charge in [0.1, 0.15) is 5.75 Å². The van der Waals surface area contributed by atoms with Gasteiger partial charge in [-0.1, -0.05) is 0 Å². The molecular formula is C17H26N4O3. The molecule has 0 bridgehead atoms. The van der Waals surface area contributed by atoms with Crippen molar-refractivity contribution in [1.29, 1.82) is 0 Å². The quantitative estimate of drug-likeness (QED) is 0.802. The molecule has 0 radical (unpaired) electrons. The summed E-state index contributed by atoms with van der Waals surface area (Å²) in [5, 5.41) is 2.80. The van der Waals surface area contributed by atoms with Crippen molar-refractivity contribution in [3.63, 3.8) is 0 Å². The van der Waals surface area contributed by atoms with Crippen LogP contribution in [-0.2, 0) is 4.79 Å². The Morgan fingerprint density at radius 3 is 2.58 bits per heavy atom. The van der Waals surface area contributed by atoms with E-state index in [-0.39, 0.29) is 11.8 Å². The third-order valence-corrected chi connectivity index (χ3v) is 4.12. The molecule has 0 atom stereocenters. The largest absolute Gasteiger partial charge is 0.495 e. The maximum atomic E-state index is 12.7. The van der Waals surface area contributed by atoms with Gasteiger partial charge in [0.25, 0.3) is 5.91 Å². The Kier molecular flexibility index (Phi) is 6.57. The SMILES string of the molecule is COc1ccc(C(=O)N2CCN(C)CC2)cc1NC(=O)CCCN. The fourth-order valence-corrected chi connectivity index (χ4v) is 2.61. The Labute approximate surface area is 142 Å². The van der Waals surface area contributed by atoms with Crippen LogP contribution >= 0.6 is 0 Å². The monoisotopic (exact) mass is 334 g/mol. The van der Waals surface area contributed by atoms with Crippen molar-refractivity contribution in [2.75, 3.05) is 52.2 Å². The number of ether oxygens (including phenoxy) is 1. The number of hydrogen-bond acceptors (Lipinski definition) is 5. The maximum Gasteiger partial charge on any atom is 0.254 e. The summed E-state index contributed by atoms with van der Waals surface area (Å²) < 4.78 is 5.27. The molecule has 1 aliphatic rings. The van der Waals surface area contributed by atoms with Gasteiger partial charge in [-0.2, -0.15) is 0 Å². The van der Waals surface area contributed by atoms with Crippen LogP contribution in [0, 0.1) is 0 Å². The zero-order valence-electron chi connectivity index (χ0n) is 14.4. The molecule has 7 nitrogen and oxygen atoms in total. The summed E-state index contributed by atoms with van der Waals surface area (Å²) in [6.07, 6.45) is 0.963. The van der Waals surface area contributed by atoms with Gasteiger partial charge in [-0.15, -0.1) is 0 Å². The standard InChI is InChI=1S/C17H26N4O3/c1-20-8-10-21(11-9-20)17(23)13-5-6-15(24-2)14(12-13)19-16(22)4-3-7-18/h5-6,12H,3-4,7-11,18H2,1-2H3,(H,19,22). The lowest BCUT2D eigenvalue weighted by Crippen LogP contribution is -2.47. The van der Waals surface area contributed by atoms with Gasteiger partial charge in [-0.3, -0.25) is 9.59 Å². The third-order valence-electron chi connectivity index (χ3n) is 4.12. The summed E-state index contributed by atoms with van der Waals surface area (Å²) in [6.45, 7) is 3.61. The number of rotatable bonds is 6. The number of nitrogens with zero attached hydrogens (tertiary/aromatic N) is 2. The lowest BCUT2D eigenvalue weighted by atomic mass is 10.1. The molecule has 0 spiro atoms. The average molecular weight is 334 g/mol. The highest BCUT2D eigenvalue weighted by Crippen LogP contribution is 2.26. The zero-order valence-corrected chi connectivity index (χ0v) is 14.4. The number of methoxy groups -OCH3 is 1. The Hall–Kier alpha value is -2.12. The number of benzene rings is 1. The zero-order chi connectivity index (χ0) is 17.5. The minimum Gasteiger partial charge on any atom is -0.495 e. The number of nitrogens with two attached hydrogens (primary N) is 1. The molecule has 2 rings (SSSR count). The van der Waals surface area contributed by atoms with Crippen molar-refractivity contribution in [3.05, 3.63) is 23.8 Å². The van der Waals surface area contributed by atoms with Gasteiger partial charge >= 0.3 is 0 Å². The number of nitrogens with one attached hydrogen (secondary N) is 1. The fourth-order valence-electron chi connectivity index (χ4n) is 2.61. The second kappa shape index (κ2) is 8.65. The van der Waals surface area contributed by atoms with Crippen molar-refractivity contribution in [2.24, 2.45) is 5.73 Å². The Morgan fingerprint density at radius 2 is 1.96 bits per heavy atom. The predicted octanol–water partition coefficient (Wildman–Crippen LogP) is 0.760. The summed E-state index contributed by atoms with van der Waals surface area (Å²) in [7, 11) is 3.58. The van der Waals surface area contributed by atoms with Gasteiger partial charge < -0.3 is 25.6 Å². The molecule has 24 heavy (non-hydrogen) atoms. The molecular weight excluding hydrogens is 308 g/mol. The highest BCUT2D eigenvalue weighted by molar-refractivity contribution is 5.98. The van der Waals surface area contributed by atoms with Crippen molar-refractivity contribution in [1.82, 2.24) is 9.80 Å². The lowest BCUT2D eigenvalue weighted by Gasteiger charge is -2.32. The first-order chi connectivity index (χ1) is 11.5. The minimum absolute atomic E-state index is 0.0248. The molecule has 1 heterocycles. The van der Waals surface area contributed by atoms with Gasteiger partial charge in [0, 0.05) is 38.2 Å². The normalized spacial score (nSPS) is 15.2. The predicted molar refractivity (Wildman–Crippen MR) is 93.3 cm³/mol. The van der Waals surface area contributed by atoms with Crippen LogP contribution in [0.15, 0.2) is 18.2 Å². The van der Waals surface area contributed by atoms with Crippen LogP contribution in [0.25, 0.3) is 0 Å². The van der Waals surface area contributed by atoms with Crippen LogP contribution in [0.5, 0.6) is 5.75 Å². The molecule has 132 valence electrons. The van der Waals surface area contributed by atoms with Gasteiger partial charge in [-0.05, 0) is 38.2 Å². The van der Waals surface area contributed by atoms with Crippen LogP contribution in [0.1, 0.15) is 23.2 Å². The smallest absolute Gasteiger partial charge is 0.254 e. The van der Waals surface area contributed by atoms with Gasteiger partial charge in [0.15, 0.2) is 0 Å². The fraction of sp³-hybridized carbons (Fsp3) is 0.529. The summed E-state index contributed by atoms with van der Waals surface area (Å²) in [4.78, 5) is 28.6. The number of amides is 2. The summed E-state index contributed by atoms with van der Waals surface area (Å²) in [5.41, 5.74) is 6.49. The lowest BCUT2D eigenvalue weighted by molar-refractivity contribution is -0.116. The van der Waals surface area contributed by atoms with Crippen molar-refractivity contribution in [3.8, 4) is 5.75 Å². The topological polar surface area (TPSA) is 87.9 Å². The second-order valence-electron chi connectivity index (χ2n) is 5.95. The average Bonchev–Trinajstić information content (AvgIpc) is 2.60. The Bertz CT molecular complexity index is 583. The van der Waals surface area contributed by atoms with E-state index < -0.39 is 0 Å².